The standard InChI is InChI=1S/C13H16F2N2O/c14-11-4-1-3-8(12(11)15)9-7-10(9)13(18)17-6-2-5-16/h1,3-4,9-10H,2,5-7,16H2,(H,17,18). The van der Waals surface area contributed by atoms with Crippen LogP contribution in [0.1, 0.15) is 24.3 Å². The predicted molar refractivity (Wildman–Crippen MR) is 63.9 cm³/mol. The van der Waals surface area contributed by atoms with Crippen LogP contribution in [0.15, 0.2) is 18.2 Å². The summed E-state index contributed by atoms with van der Waals surface area (Å²) in [5, 5.41) is 2.74. The predicted octanol–water partition coefficient (Wildman–Crippen LogP) is 1.53. The van der Waals surface area contributed by atoms with E-state index in [1.165, 1.54) is 12.1 Å². The zero-order valence-corrected chi connectivity index (χ0v) is 9.96. The minimum atomic E-state index is -0.860. The maximum Gasteiger partial charge on any atom is 0.223 e. The van der Waals surface area contributed by atoms with Crippen LogP contribution in [0.2, 0.25) is 0 Å². The number of hydrogen-bond acceptors (Lipinski definition) is 2. The Hall–Kier alpha value is -1.49. The van der Waals surface area contributed by atoms with Crippen molar-refractivity contribution in [2.24, 2.45) is 11.7 Å². The second kappa shape index (κ2) is 5.44. The lowest BCUT2D eigenvalue weighted by Crippen LogP contribution is -2.27. The molecular formula is C13H16F2N2O. The van der Waals surface area contributed by atoms with Gasteiger partial charge in [0.15, 0.2) is 11.6 Å². The van der Waals surface area contributed by atoms with Crippen molar-refractivity contribution in [1.29, 1.82) is 0 Å². The van der Waals surface area contributed by atoms with Gasteiger partial charge in [-0.2, -0.15) is 0 Å². The first-order valence-corrected chi connectivity index (χ1v) is 6.07. The minimum Gasteiger partial charge on any atom is -0.356 e. The normalized spacial score (nSPS) is 21.7. The van der Waals surface area contributed by atoms with Crippen molar-refractivity contribution in [2.75, 3.05) is 13.1 Å². The van der Waals surface area contributed by atoms with Gasteiger partial charge in [-0.1, -0.05) is 12.1 Å². The molecule has 1 aromatic carbocycles. The molecule has 98 valence electrons. The molecule has 0 spiro atoms. The number of nitrogens with two attached hydrogens (primary N) is 1. The molecule has 18 heavy (non-hydrogen) atoms. The lowest BCUT2D eigenvalue weighted by molar-refractivity contribution is -0.122. The number of halogens is 2. The maximum absolute atomic E-state index is 13.5. The monoisotopic (exact) mass is 254 g/mol. The van der Waals surface area contributed by atoms with E-state index in [2.05, 4.69) is 5.32 Å². The highest BCUT2D eigenvalue weighted by atomic mass is 19.2. The third-order valence-corrected chi connectivity index (χ3v) is 3.19. The van der Waals surface area contributed by atoms with Crippen molar-refractivity contribution in [3.05, 3.63) is 35.4 Å². The molecule has 0 heterocycles. The van der Waals surface area contributed by atoms with E-state index in [1.807, 2.05) is 0 Å². The number of carbonyl (C=O) groups is 1. The van der Waals surface area contributed by atoms with Crippen LogP contribution >= 0.6 is 0 Å². The van der Waals surface area contributed by atoms with Crippen molar-refractivity contribution in [3.63, 3.8) is 0 Å². The molecule has 1 amide bonds. The molecular weight excluding hydrogens is 238 g/mol. The molecule has 0 bridgehead atoms. The number of benzene rings is 1. The second-order valence-electron chi connectivity index (χ2n) is 4.52. The van der Waals surface area contributed by atoms with E-state index in [0.29, 0.717) is 25.1 Å². The first-order chi connectivity index (χ1) is 8.65. The average molecular weight is 254 g/mol. The Morgan fingerprint density at radius 2 is 2.22 bits per heavy atom. The molecule has 0 saturated heterocycles. The van der Waals surface area contributed by atoms with E-state index < -0.39 is 11.6 Å². The zero-order valence-electron chi connectivity index (χ0n) is 9.96. The summed E-state index contributed by atoms with van der Waals surface area (Å²) in [7, 11) is 0. The molecule has 0 aromatic heterocycles. The molecule has 1 aliphatic carbocycles. The van der Waals surface area contributed by atoms with Crippen LogP contribution in [-0.4, -0.2) is 19.0 Å². The Bertz CT molecular complexity index is 451. The molecule has 3 nitrogen and oxygen atoms in total. The van der Waals surface area contributed by atoms with Crippen LogP contribution in [0, 0.1) is 17.6 Å². The number of amides is 1. The summed E-state index contributed by atoms with van der Waals surface area (Å²) in [5.74, 6) is -2.23. The zero-order chi connectivity index (χ0) is 13.1. The molecule has 1 fully saturated rings. The van der Waals surface area contributed by atoms with Crippen molar-refractivity contribution in [3.8, 4) is 0 Å². The number of carbonyl (C=O) groups excluding carboxylic acids is 1. The van der Waals surface area contributed by atoms with Crippen LogP contribution in [0.5, 0.6) is 0 Å². The third-order valence-electron chi connectivity index (χ3n) is 3.19. The highest BCUT2D eigenvalue weighted by molar-refractivity contribution is 5.82. The van der Waals surface area contributed by atoms with Crippen LogP contribution < -0.4 is 11.1 Å². The first-order valence-electron chi connectivity index (χ1n) is 6.07. The minimum absolute atomic E-state index is 0.0999. The molecule has 2 unspecified atom stereocenters. The van der Waals surface area contributed by atoms with Crippen molar-refractivity contribution in [1.82, 2.24) is 5.32 Å². The fourth-order valence-electron chi connectivity index (χ4n) is 2.08. The van der Waals surface area contributed by atoms with E-state index >= 15 is 0 Å². The van der Waals surface area contributed by atoms with Crippen LogP contribution in [0.3, 0.4) is 0 Å². The van der Waals surface area contributed by atoms with Gasteiger partial charge in [0, 0.05) is 12.5 Å². The molecule has 3 N–H and O–H groups in total. The topological polar surface area (TPSA) is 55.1 Å². The smallest absolute Gasteiger partial charge is 0.223 e. The molecule has 2 rings (SSSR count). The Morgan fingerprint density at radius 1 is 1.44 bits per heavy atom. The number of rotatable bonds is 5. The maximum atomic E-state index is 13.5. The summed E-state index contributed by atoms with van der Waals surface area (Å²) in [5.41, 5.74) is 5.62. The molecule has 2 atom stereocenters. The van der Waals surface area contributed by atoms with Gasteiger partial charge in [0.2, 0.25) is 5.91 Å². The van der Waals surface area contributed by atoms with E-state index in [4.69, 9.17) is 5.73 Å². The largest absolute Gasteiger partial charge is 0.356 e. The van der Waals surface area contributed by atoms with Crippen molar-refractivity contribution >= 4 is 5.91 Å². The molecule has 5 heteroatoms. The molecule has 1 saturated carbocycles. The van der Waals surface area contributed by atoms with E-state index in [1.54, 1.807) is 0 Å². The summed E-state index contributed by atoms with van der Waals surface area (Å²) < 4.78 is 26.6. The highest BCUT2D eigenvalue weighted by Crippen LogP contribution is 2.48. The van der Waals surface area contributed by atoms with E-state index in [0.717, 1.165) is 12.5 Å². The number of nitrogens with one attached hydrogen (secondary N) is 1. The van der Waals surface area contributed by atoms with Crippen LogP contribution in [-0.2, 0) is 4.79 Å². The van der Waals surface area contributed by atoms with Gasteiger partial charge in [-0.15, -0.1) is 0 Å². The summed E-state index contributed by atoms with van der Waals surface area (Å²) in [6.45, 7) is 1.05. The van der Waals surface area contributed by atoms with Gasteiger partial charge in [-0.3, -0.25) is 4.79 Å². The molecule has 0 radical (unpaired) electrons. The Kier molecular flexibility index (Phi) is 3.91. The molecule has 1 aliphatic rings. The SMILES string of the molecule is NCCCNC(=O)C1CC1c1cccc(F)c1F. The summed E-state index contributed by atoms with van der Waals surface area (Å²) in [6, 6.07) is 4.09. The Labute approximate surface area is 104 Å². The first kappa shape index (κ1) is 13.0. The Balaban J connectivity index is 1.94. The fraction of sp³-hybridized carbons (Fsp3) is 0.462. The summed E-state index contributed by atoms with van der Waals surface area (Å²) in [4.78, 5) is 11.7. The van der Waals surface area contributed by atoms with Crippen molar-refractivity contribution in [2.45, 2.75) is 18.8 Å². The Morgan fingerprint density at radius 3 is 2.94 bits per heavy atom. The highest BCUT2D eigenvalue weighted by Gasteiger charge is 2.45. The van der Waals surface area contributed by atoms with Gasteiger partial charge < -0.3 is 11.1 Å². The molecule has 1 aromatic rings. The van der Waals surface area contributed by atoms with E-state index in [9.17, 15) is 13.6 Å². The average Bonchev–Trinajstić information content (AvgIpc) is 3.13. The quantitative estimate of drug-likeness (QED) is 0.783. The number of hydrogen-bond donors (Lipinski definition) is 2. The fourth-order valence-corrected chi connectivity index (χ4v) is 2.08. The van der Waals surface area contributed by atoms with Crippen LogP contribution in [0.25, 0.3) is 0 Å². The van der Waals surface area contributed by atoms with Gasteiger partial charge in [-0.25, -0.2) is 8.78 Å². The third kappa shape index (κ3) is 2.67. The van der Waals surface area contributed by atoms with Gasteiger partial charge in [0.1, 0.15) is 0 Å². The lowest BCUT2D eigenvalue weighted by Gasteiger charge is -2.05. The van der Waals surface area contributed by atoms with Crippen LogP contribution in [0.4, 0.5) is 8.78 Å². The summed E-state index contributed by atoms with van der Waals surface area (Å²) in [6.07, 6.45) is 1.30. The van der Waals surface area contributed by atoms with Crippen molar-refractivity contribution < 1.29 is 13.6 Å². The lowest BCUT2D eigenvalue weighted by atomic mass is 10.1. The van der Waals surface area contributed by atoms with Gasteiger partial charge in [-0.05, 0) is 36.9 Å². The van der Waals surface area contributed by atoms with Gasteiger partial charge in [0.25, 0.3) is 0 Å². The second-order valence-corrected chi connectivity index (χ2v) is 4.52. The van der Waals surface area contributed by atoms with E-state index in [-0.39, 0.29) is 17.7 Å². The summed E-state index contributed by atoms with van der Waals surface area (Å²) >= 11 is 0. The molecule has 0 aliphatic heterocycles. The van der Waals surface area contributed by atoms with Gasteiger partial charge in [0.05, 0.1) is 0 Å². The van der Waals surface area contributed by atoms with Gasteiger partial charge >= 0.3 is 0 Å².